The molecule has 3 rings (SSSR count). The summed E-state index contributed by atoms with van der Waals surface area (Å²) in [6, 6.07) is 19.8. The summed E-state index contributed by atoms with van der Waals surface area (Å²) >= 11 is 0. The Morgan fingerprint density at radius 2 is 1.62 bits per heavy atom. The average molecular weight is 352 g/mol. The minimum Gasteiger partial charge on any atom is -0.488 e. The summed E-state index contributed by atoms with van der Waals surface area (Å²) in [4.78, 5) is 15.1. The van der Waals surface area contributed by atoms with Crippen molar-refractivity contribution in [3.05, 3.63) is 66.2 Å². The number of rotatable bonds is 7. The Morgan fingerprint density at radius 3 is 2.19 bits per heavy atom. The van der Waals surface area contributed by atoms with E-state index in [0.717, 1.165) is 37.2 Å². The maximum Gasteiger partial charge on any atom is 0.242 e. The van der Waals surface area contributed by atoms with Crippen LogP contribution in [0.1, 0.15) is 31.7 Å². The van der Waals surface area contributed by atoms with Crippen LogP contribution in [0.3, 0.4) is 0 Å². The van der Waals surface area contributed by atoms with Gasteiger partial charge in [0.1, 0.15) is 17.4 Å². The molecule has 0 aliphatic carbocycles. The number of carbonyl (C=O) groups is 1. The number of ether oxygens (including phenoxy) is 1. The fourth-order valence-electron chi connectivity index (χ4n) is 3.96. The number of para-hydroxylation sites is 1. The van der Waals surface area contributed by atoms with Crippen LogP contribution in [0.2, 0.25) is 0 Å². The number of nitrogens with zero attached hydrogens (tertiary/aromatic N) is 1. The van der Waals surface area contributed by atoms with Crippen molar-refractivity contribution in [1.29, 1.82) is 0 Å². The molecule has 0 saturated carbocycles. The minimum atomic E-state index is -0.863. The Bertz CT molecular complexity index is 699. The van der Waals surface area contributed by atoms with E-state index in [4.69, 9.17) is 10.5 Å². The molecule has 4 nitrogen and oxygen atoms in total. The van der Waals surface area contributed by atoms with Crippen molar-refractivity contribution in [3.8, 4) is 5.75 Å². The third-order valence-electron chi connectivity index (χ3n) is 5.39. The van der Waals surface area contributed by atoms with Gasteiger partial charge in [0.2, 0.25) is 5.91 Å². The van der Waals surface area contributed by atoms with Crippen LogP contribution in [-0.4, -0.2) is 35.5 Å². The van der Waals surface area contributed by atoms with Gasteiger partial charge < -0.3 is 10.5 Å². The molecule has 1 aliphatic heterocycles. The molecule has 1 fully saturated rings. The highest BCUT2D eigenvalue weighted by molar-refractivity contribution is 5.86. The summed E-state index contributed by atoms with van der Waals surface area (Å²) in [5.74, 6) is 0.447. The monoisotopic (exact) mass is 352 g/mol. The summed E-state index contributed by atoms with van der Waals surface area (Å²) < 4.78 is 6.22. The fraction of sp³-hybridized carbons (Fsp3) is 0.409. The summed E-state index contributed by atoms with van der Waals surface area (Å²) in [7, 11) is 0. The van der Waals surface area contributed by atoms with Gasteiger partial charge in [-0.05, 0) is 50.6 Å². The molecule has 2 aromatic rings. The number of hydrogen-bond acceptors (Lipinski definition) is 3. The number of primary amides is 1. The van der Waals surface area contributed by atoms with Gasteiger partial charge in [-0.1, -0.05) is 55.0 Å². The Balaban J connectivity index is 1.96. The molecule has 1 amide bonds. The van der Waals surface area contributed by atoms with Crippen LogP contribution >= 0.6 is 0 Å². The van der Waals surface area contributed by atoms with Gasteiger partial charge in [-0.15, -0.1) is 0 Å². The molecule has 0 spiro atoms. The van der Waals surface area contributed by atoms with Crippen molar-refractivity contribution >= 4 is 5.91 Å². The summed E-state index contributed by atoms with van der Waals surface area (Å²) in [5.41, 5.74) is 6.28. The van der Waals surface area contributed by atoms with Crippen molar-refractivity contribution in [2.45, 2.75) is 44.2 Å². The van der Waals surface area contributed by atoms with E-state index in [0.29, 0.717) is 6.42 Å². The molecule has 4 heteroatoms. The number of hydrogen-bond donors (Lipinski definition) is 1. The average Bonchev–Trinajstić information content (AvgIpc) is 2.68. The molecule has 1 aliphatic rings. The van der Waals surface area contributed by atoms with Gasteiger partial charge in [0, 0.05) is 6.42 Å². The molecule has 138 valence electrons. The lowest BCUT2D eigenvalue weighted by molar-refractivity contribution is -0.138. The second-order valence-electron chi connectivity index (χ2n) is 7.07. The first-order chi connectivity index (χ1) is 12.6. The van der Waals surface area contributed by atoms with E-state index in [-0.39, 0.29) is 12.0 Å². The summed E-state index contributed by atoms with van der Waals surface area (Å²) in [6.07, 6.45) is 3.56. The molecule has 0 bridgehead atoms. The van der Waals surface area contributed by atoms with E-state index >= 15 is 0 Å². The third-order valence-corrected chi connectivity index (χ3v) is 5.39. The van der Waals surface area contributed by atoms with E-state index in [1.54, 1.807) is 0 Å². The molecule has 0 aromatic heterocycles. The van der Waals surface area contributed by atoms with Crippen LogP contribution in [0.25, 0.3) is 0 Å². The molecule has 2 N–H and O–H groups in total. The maximum absolute atomic E-state index is 12.9. The molecule has 0 radical (unpaired) electrons. The molecule has 2 atom stereocenters. The van der Waals surface area contributed by atoms with Gasteiger partial charge in [0.05, 0.1) is 0 Å². The zero-order chi connectivity index (χ0) is 18.4. The van der Waals surface area contributed by atoms with E-state index in [1.807, 2.05) is 55.5 Å². The van der Waals surface area contributed by atoms with Crippen LogP contribution in [0.5, 0.6) is 5.75 Å². The van der Waals surface area contributed by atoms with E-state index in [1.165, 1.54) is 6.42 Å². The van der Waals surface area contributed by atoms with Crippen molar-refractivity contribution in [3.63, 3.8) is 0 Å². The molecule has 1 heterocycles. The number of benzene rings is 2. The quantitative estimate of drug-likeness (QED) is 0.831. The molecule has 26 heavy (non-hydrogen) atoms. The summed E-state index contributed by atoms with van der Waals surface area (Å²) in [5, 5.41) is 0. The predicted molar refractivity (Wildman–Crippen MR) is 104 cm³/mol. The lowest BCUT2D eigenvalue weighted by Crippen LogP contribution is -2.67. The highest BCUT2D eigenvalue weighted by atomic mass is 16.5. The number of amides is 1. The van der Waals surface area contributed by atoms with E-state index in [2.05, 4.69) is 17.0 Å². The number of likely N-dealkylation sites (tertiary alicyclic amines) is 1. The van der Waals surface area contributed by atoms with Gasteiger partial charge in [-0.25, -0.2) is 0 Å². The van der Waals surface area contributed by atoms with Gasteiger partial charge >= 0.3 is 0 Å². The van der Waals surface area contributed by atoms with Crippen LogP contribution < -0.4 is 10.5 Å². The van der Waals surface area contributed by atoms with Crippen molar-refractivity contribution in [1.82, 2.24) is 4.90 Å². The standard InChI is InChI=1S/C22H28N2O2/c1-18(26-20-13-7-3-8-14-20)22(21(23)25,24-15-9-4-10-16-24)17-19-11-5-2-6-12-19/h2-3,5-8,11-14,18H,4,9-10,15-17H2,1H3,(H2,23,25). The molecular formula is C22H28N2O2. The first-order valence-corrected chi connectivity index (χ1v) is 9.43. The van der Waals surface area contributed by atoms with Crippen LogP contribution in [-0.2, 0) is 11.2 Å². The first-order valence-electron chi connectivity index (χ1n) is 9.43. The Morgan fingerprint density at radius 1 is 1.04 bits per heavy atom. The normalized spacial score (nSPS) is 18.7. The van der Waals surface area contributed by atoms with Crippen molar-refractivity contribution < 1.29 is 9.53 Å². The lowest BCUT2D eigenvalue weighted by atomic mass is 9.82. The first kappa shape index (κ1) is 18.5. The predicted octanol–water partition coefficient (Wildman–Crippen LogP) is 3.41. The van der Waals surface area contributed by atoms with Crippen molar-refractivity contribution in [2.75, 3.05) is 13.1 Å². The molecule has 2 unspecified atom stereocenters. The minimum absolute atomic E-state index is 0.313. The molecule has 2 aromatic carbocycles. The summed E-state index contributed by atoms with van der Waals surface area (Å²) in [6.45, 7) is 3.71. The van der Waals surface area contributed by atoms with Gasteiger partial charge in [0.15, 0.2) is 0 Å². The van der Waals surface area contributed by atoms with E-state index < -0.39 is 5.54 Å². The Kier molecular flexibility index (Phi) is 5.94. The maximum atomic E-state index is 12.9. The van der Waals surface area contributed by atoms with Crippen LogP contribution in [0.15, 0.2) is 60.7 Å². The highest BCUT2D eigenvalue weighted by Crippen LogP contribution is 2.31. The van der Waals surface area contributed by atoms with Crippen molar-refractivity contribution in [2.24, 2.45) is 5.73 Å². The van der Waals surface area contributed by atoms with E-state index in [9.17, 15) is 4.79 Å². The van der Waals surface area contributed by atoms with Gasteiger partial charge in [0.25, 0.3) is 0 Å². The lowest BCUT2D eigenvalue weighted by Gasteiger charge is -2.46. The largest absolute Gasteiger partial charge is 0.488 e. The van der Waals surface area contributed by atoms with Gasteiger partial charge in [-0.3, -0.25) is 9.69 Å². The molecule has 1 saturated heterocycles. The van der Waals surface area contributed by atoms with Gasteiger partial charge in [-0.2, -0.15) is 0 Å². The smallest absolute Gasteiger partial charge is 0.242 e. The Hall–Kier alpha value is -2.33. The Labute approximate surface area is 156 Å². The topological polar surface area (TPSA) is 55.6 Å². The zero-order valence-electron chi connectivity index (χ0n) is 15.4. The number of piperidine rings is 1. The van der Waals surface area contributed by atoms with Crippen LogP contribution in [0, 0.1) is 0 Å². The third kappa shape index (κ3) is 3.91. The number of carbonyl (C=O) groups excluding carboxylic acids is 1. The fourth-order valence-corrected chi connectivity index (χ4v) is 3.96. The highest BCUT2D eigenvalue weighted by Gasteiger charge is 2.49. The second-order valence-corrected chi connectivity index (χ2v) is 7.07. The van der Waals surface area contributed by atoms with Crippen LogP contribution in [0.4, 0.5) is 0 Å². The number of nitrogens with two attached hydrogens (primary N) is 1. The SMILES string of the molecule is CC(Oc1ccccc1)C(Cc1ccccc1)(C(N)=O)N1CCCCC1. The second kappa shape index (κ2) is 8.37. The molecular weight excluding hydrogens is 324 g/mol. The zero-order valence-corrected chi connectivity index (χ0v) is 15.4.